The van der Waals surface area contributed by atoms with E-state index in [-0.39, 0.29) is 0 Å². The number of ether oxygens (including phenoxy) is 2. The van der Waals surface area contributed by atoms with Crippen molar-refractivity contribution in [2.45, 2.75) is 0 Å². The van der Waals surface area contributed by atoms with E-state index in [1.54, 1.807) is 14.2 Å². The third-order valence-corrected chi connectivity index (χ3v) is 3.88. The highest BCUT2D eigenvalue weighted by Gasteiger charge is 2.25. The molecule has 1 heterocycles. The van der Waals surface area contributed by atoms with Gasteiger partial charge in [-0.05, 0) is 24.3 Å². The maximum absolute atomic E-state index is 5.58. The van der Waals surface area contributed by atoms with E-state index >= 15 is 0 Å². The number of rotatable bonds is 3. The number of methoxy groups -OCH3 is 2. The highest BCUT2D eigenvalue weighted by atomic mass is 16.5. The van der Waals surface area contributed by atoms with Crippen molar-refractivity contribution in [2.75, 3.05) is 14.2 Å². The molecule has 0 fully saturated rings. The van der Waals surface area contributed by atoms with Gasteiger partial charge >= 0.3 is 0 Å². The molecule has 0 atom stereocenters. The first-order chi connectivity index (χ1) is 10.2. The van der Waals surface area contributed by atoms with Gasteiger partial charge in [-0.15, -0.1) is 0 Å². The van der Waals surface area contributed by atoms with Gasteiger partial charge in [-0.25, -0.2) is 9.13 Å². The molecule has 0 spiro atoms. The van der Waals surface area contributed by atoms with Crippen molar-refractivity contribution in [2.24, 2.45) is 14.1 Å². The number of aryl methyl sites for hydroxylation is 2. The van der Waals surface area contributed by atoms with Crippen molar-refractivity contribution in [3.63, 3.8) is 0 Å². The minimum Gasteiger partial charge on any atom is -0.493 e. The molecule has 4 heteroatoms. The van der Waals surface area contributed by atoms with E-state index in [1.165, 1.54) is 11.0 Å². The Labute approximate surface area is 124 Å². The summed E-state index contributed by atoms with van der Waals surface area (Å²) in [6, 6.07) is 14.3. The van der Waals surface area contributed by atoms with Gasteiger partial charge in [-0.1, -0.05) is 18.2 Å². The Morgan fingerprint density at radius 1 is 0.952 bits per heavy atom. The average Bonchev–Trinajstić information content (AvgIpc) is 2.78. The lowest BCUT2D eigenvalue weighted by Crippen LogP contribution is -2.30. The molecular formula is C17H19N2O2+. The van der Waals surface area contributed by atoms with Crippen molar-refractivity contribution in [1.29, 1.82) is 0 Å². The summed E-state index contributed by atoms with van der Waals surface area (Å²) >= 11 is 0. The first-order valence-electron chi connectivity index (χ1n) is 6.83. The van der Waals surface area contributed by atoms with Gasteiger partial charge in [0.05, 0.1) is 28.3 Å². The van der Waals surface area contributed by atoms with Crippen LogP contribution in [0, 0.1) is 0 Å². The van der Waals surface area contributed by atoms with Crippen LogP contribution in [0.4, 0.5) is 0 Å². The van der Waals surface area contributed by atoms with Crippen molar-refractivity contribution < 1.29 is 14.0 Å². The largest absolute Gasteiger partial charge is 0.493 e. The topological polar surface area (TPSA) is 27.3 Å². The Morgan fingerprint density at radius 3 is 2.38 bits per heavy atom. The number of imidazole rings is 1. The molecule has 0 radical (unpaired) electrons. The van der Waals surface area contributed by atoms with Crippen molar-refractivity contribution in [3.8, 4) is 22.9 Å². The third kappa shape index (κ3) is 1.95. The van der Waals surface area contributed by atoms with Crippen LogP contribution < -0.4 is 14.0 Å². The van der Waals surface area contributed by atoms with Crippen molar-refractivity contribution in [3.05, 3.63) is 42.5 Å². The minimum atomic E-state index is 0.736. The molecule has 2 aromatic carbocycles. The molecule has 4 nitrogen and oxygen atoms in total. The van der Waals surface area contributed by atoms with Gasteiger partial charge in [0, 0.05) is 0 Å². The maximum Gasteiger partial charge on any atom is 0.293 e. The van der Waals surface area contributed by atoms with E-state index in [4.69, 9.17) is 9.47 Å². The van der Waals surface area contributed by atoms with Crippen LogP contribution in [0.2, 0.25) is 0 Å². The number of aromatic nitrogens is 2. The smallest absolute Gasteiger partial charge is 0.293 e. The van der Waals surface area contributed by atoms with Crippen LogP contribution in [-0.2, 0) is 14.1 Å². The molecule has 0 saturated carbocycles. The molecular weight excluding hydrogens is 264 g/mol. The van der Waals surface area contributed by atoms with E-state index in [0.29, 0.717) is 0 Å². The summed E-state index contributed by atoms with van der Waals surface area (Å²) < 4.78 is 15.3. The fourth-order valence-corrected chi connectivity index (χ4v) is 2.91. The first-order valence-corrected chi connectivity index (χ1v) is 6.83. The van der Waals surface area contributed by atoms with Crippen LogP contribution in [0.15, 0.2) is 42.5 Å². The zero-order chi connectivity index (χ0) is 15.0. The lowest BCUT2D eigenvalue weighted by molar-refractivity contribution is -0.634. The highest BCUT2D eigenvalue weighted by Crippen LogP contribution is 2.37. The van der Waals surface area contributed by atoms with E-state index in [9.17, 15) is 0 Å². The lowest BCUT2D eigenvalue weighted by Gasteiger charge is -2.10. The van der Waals surface area contributed by atoms with Crippen LogP contribution in [0.5, 0.6) is 11.5 Å². The van der Waals surface area contributed by atoms with Gasteiger partial charge in [0.1, 0.15) is 5.56 Å². The predicted molar refractivity (Wildman–Crippen MR) is 82.6 cm³/mol. The molecule has 3 rings (SSSR count). The van der Waals surface area contributed by atoms with E-state index in [1.807, 2.05) is 12.1 Å². The standard InChI is InChI=1S/C17H19N2O2/c1-18-13-9-5-6-10-14(13)19(2)17(18)12-8-7-11-15(20-3)16(12)21-4/h5-11H,1-4H3/q+1. The van der Waals surface area contributed by atoms with Gasteiger partial charge in [0.25, 0.3) is 5.82 Å². The van der Waals surface area contributed by atoms with E-state index in [0.717, 1.165) is 22.9 Å². The molecule has 0 aliphatic rings. The molecule has 21 heavy (non-hydrogen) atoms. The molecule has 0 bridgehead atoms. The zero-order valence-corrected chi connectivity index (χ0v) is 12.8. The fourth-order valence-electron chi connectivity index (χ4n) is 2.91. The molecule has 0 N–H and O–H groups in total. The monoisotopic (exact) mass is 283 g/mol. The Kier molecular flexibility index (Phi) is 3.29. The Hall–Kier alpha value is -2.49. The molecule has 0 aliphatic heterocycles. The van der Waals surface area contributed by atoms with Gasteiger partial charge in [-0.3, -0.25) is 0 Å². The Balaban J connectivity index is 2.36. The average molecular weight is 283 g/mol. The third-order valence-electron chi connectivity index (χ3n) is 3.88. The molecule has 1 aromatic heterocycles. The Morgan fingerprint density at radius 2 is 1.71 bits per heavy atom. The van der Waals surface area contributed by atoms with Crippen LogP contribution in [-0.4, -0.2) is 18.8 Å². The number of nitrogens with zero attached hydrogens (tertiary/aromatic N) is 2. The van der Waals surface area contributed by atoms with Gasteiger partial charge < -0.3 is 9.47 Å². The van der Waals surface area contributed by atoms with Gasteiger partial charge in [-0.2, -0.15) is 0 Å². The summed E-state index contributed by atoms with van der Waals surface area (Å²) in [5.41, 5.74) is 3.37. The van der Waals surface area contributed by atoms with Gasteiger partial charge in [0.2, 0.25) is 0 Å². The second-order valence-corrected chi connectivity index (χ2v) is 4.97. The lowest BCUT2D eigenvalue weighted by atomic mass is 10.1. The summed E-state index contributed by atoms with van der Waals surface area (Å²) in [6.45, 7) is 0. The molecule has 0 amide bonds. The van der Waals surface area contributed by atoms with E-state index in [2.05, 4.69) is 53.6 Å². The summed E-state index contributed by atoms with van der Waals surface area (Å²) in [7, 11) is 7.46. The predicted octanol–water partition coefficient (Wildman–Crippen LogP) is 2.69. The summed E-state index contributed by atoms with van der Waals surface area (Å²) in [5.74, 6) is 2.56. The summed E-state index contributed by atoms with van der Waals surface area (Å²) in [6.07, 6.45) is 0. The van der Waals surface area contributed by atoms with Crippen LogP contribution in [0.1, 0.15) is 0 Å². The molecule has 108 valence electrons. The number of hydrogen-bond acceptors (Lipinski definition) is 2. The first kappa shape index (κ1) is 13.5. The van der Waals surface area contributed by atoms with E-state index < -0.39 is 0 Å². The fraction of sp³-hybridized carbons (Fsp3) is 0.235. The Bertz CT molecular complexity index is 767. The van der Waals surface area contributed by atoms with Crippen molar-refractivity contribution >= 4 is 11.0 Å². The SMILES string of the molecule is COc1cccc(-c2n(C)c3ccccc3[n+]2C)c1OC. The van der Waals surface area contributed by atoms with Gasteiger partial charge in [0.15, 0.2) is 22.5 Å². The molecule has 0 unspecified atom stereocenters. The second kappa shape index (κ2) is 5.13. The van der Waals surface area contributed by atoms with Crippen LogP contribution in [0.25, 0.3) is 22.4 Å². The molecule has 0 aliphatic carbocycles. The molecule has 3 aromatic rings. The number of hydrogen-bond donors (Lipinski definition) is 0. The minimum absolute atomic E-state index is 0.736. The summed E-state index contributed by atoms with van der Waals surface area (Å²) in [5, 5.41) is 0. The zero-order valence-electron chi connectivity index (χ0n) is 12.8. The van der Waals surface area contributed by atoms with Crippen molar-refractivity contribution in [1.82, 2.24) is 4.57 Å². The number of para-hydroxylation sites is 3. The maximum atomic E-state index is 5.58. The van der Waals surface area contributed by atoms with Crippen LogP contribution >= 0.6 is 0 Å². The normalized spacial score (nSPS) is 10.9. The number of fused-ring (bicyclic) bond motifs is 1. The number of benzene rings is 2. The molecule has 0 saturated heterocycles. The second-order valence-electron chi connectivity index (χ2n) is 4.97. The quantitative estimate of drug-likeness (QED) is 0.691. The highest BCUT2D eigenvalue weighted by molar-refractivity contribution is 5.78. The van der Waals surface area contributed by atoms with Crippen LogP contribution in [0.3, 0.4) is 0 Å². The summed E-state index contributed by atoms with van der Waals surface area (Å²) in [4.78, 5) is 0.